The van der Waals surface area contributed by atoms with Gasteiger partial charge in [-0.15, -0.1) is 0 Å². The number of rotatable bonds is 1. The van der Waals surface area contributed by atoms with Crippen molar-refractivity contribution in [3.8, 4) is 6.07 Å². The average Bonchev–Trinajstić information content (AvgIpc) is 2.67. The first-order valence-electron chi connectivity index (χ1n) is 4.67. The van der Waals surface area contributed by atoms with Crippen LogP contribution in [0.3, 0.4) is 0 Å². The summed E-state index contributed by atoms with van der Waals surface area (Å²) in [5.41, 5.74) is 1.04. The second-order valence-corrected chi connectivity index (χ2v) is 3.55. The summed E-state index contributed by atoms with van der Waals surface area (Å²) in [5.74, 6) is -0.00530. The fourth-order valence-electron chi connectivity index (χ4n) is 1.87. The molecule has 0 unspecified atom stereocenters. The predicted molar refractivity (Wildman–Crippen MR) is 51.1 cm³/mol. The zero-order valence-corrected chi connectivity index (χ0v) is 7.70. The van der Waals surface area contributed by atoms with Crippen LogP contribution in [-0.4, -0.2) is 13.1 Å². The number of halogens is 1. The van der Waals surface area contributed by atoms with Gasteiger partial charge in [-0.05, 0) is 17.7 Å². The number of hydrogen-bond acceptors (Lipinski definition) is 2. The summed E-state index contributed by atoms with van der Waals surface area (Å²) in [4.78, 5) is 0. The van der Waals surface area contributed by atoms with Gasteiger partial charge >= 0.3 is 0 Å². The Labute approximate surface area is 82.4 Å². The van der Waals surface area contributed by atoms with E-state index in [1.807, 2.05) is 0 Å². The first kappa shape index (κ1) is 9.17. The molecule has 1 aliphatic heterocycles. The van der Waals surface area contributed by atoms with Gasteiger partial charge in [-0.1, -0.05) is 12.1 Å². The van der Waals surface area contributed by atoms with E-state index in [1.165, 1.54) is 12.1 Å². The number of nitrogens with zero attached hydrogens (tertiary/aromatic N) is 1. The maximum Gasteiger partial charge on any atom is 0.123 e. The topological polar surface area (TPSA) is 35.8 Å². The van der Waals surface area contributed by atoms with Crippen LogP contribution in [0.15, 0.2) is 24.3 Å². The van der Waals surface area contributed by atoms with Crippen molar-refractivity contribution in [2.75, 3.05) is 13.1 Å². The molecule has 1 aliphatic rings. The highest BCUT2D eigenvalue weighted by atomic mass is 19.1. The maximum atomic E-state index is 12.7. The zero-order chi connectivity index (χ0) is 9.97. The SMILES string of the molecule is N#C[C@H]1CNC[C@@H]1c1ccc(F)cc1. The first-order chi connectivity index (χ1) is 6.81. The van der Waals surface area contributed by atoms with Gasteiger partial charge in [0.2, 0.25) is 0 Å². The molecule has 1 fully saturated rings. The summed E-state index contributed by atoms with van der Waals surface area (Å²) in [7, 11) is 0. The monoisotopic (exact) mass is 190 g/mol. The smallest absolute Gasteiger partial charge is 0.123 e. The van der Waals surface area contributed by atoms with Gasteiger partial charge in [-0.3, -0.25) is 0 Å². The molecule has 2 atom stereocenters. The predicted octanol–water partition coefficient (Wildman–Crippen LogP) is 1.65. The molecule has 0 aromatic heterocycles. The van der Waals surface area contributed by atoms with E-state index in [9.17, 15) is 4.39 Å². The number of nitriles is 1. The highest BCUT2D eigenvalue weighted by Crippen LogP contribution is 2.27. The molecular weight excluding hydrogens is 179 g/mol. The molecule has 1 aromatic carbocycles. The van der Waals surface area contributed by atoms with Crippen LogP contribution in [0.2, 0.25) is 0 Å². The summed E-state index contributed by atoms with van der Waals surface area (Å²) in [6, 6.07) is 8.69. The van der Waals surface area contributed by atoms with Gasteiger partial charge < -0.3 is 5.32 Å². The molecule has 1 heterocycles. The third kappa shape index (κ3) is 1.61. The van der Waals surface area contributed by atoms with Crippen molar-refractivity contribution in [2.24, 2.45) is 5.92 Å². The number of hydrogen-bond donors (Lipinski definition) is 1. The van der Waals surface area contributed by atoms with Crippen molar-refractivity contribution in [1.82, 2.24) is 5.32 Å². The van der Waals surface area contributed by atoms with E-state index in [2.05, 4.69) is 11.4 Å². The first-order valence-corrected chi connectivity index (χ1v) is 4.67. The molecule has 0 spiro atoms. The Bertz CT molecular complexity index is 353. The lowest BCUT2D eigenvalue weighted by Gasteiger charge is -2.11. The fourth-order valence-corrected chi connectivity index (χ4v) is 1.87. The maximum absolute atomic E-state index is 12.7. The van der Waals surface area contributed by atoms with Crippen molar-refractivity contribution in [2.45, 2.75) is 5.92 Å². The van der Waals surface area contributed by atoms with Crippen LogP contribution in [0.1, 0.15) is 11.5 Å². The Morgan fingerprint density at radius 1 is 1.29 bits per heavy atom. The van der Waals surface area contributed by atoms with Crippen LogP contribution in [-0.2, 0) is 0 Å². The second kappa shape index (κ2) is 3.77. The molecule has 0 amide bonds. The number of benzene rings is 1. The largest absolute Gasteiger partial charge is 0.315 e. The van der Waals surface area contributed by atoms with Gasteiger partial charge in [0.1, 0.15) is 5.82 Å². The molecule has 1 saturated heterocycles. The van der Waals surface area contributed by atoms with E-state index in [1.54, 1.807) is 12.1 Å². The quantitative estimate of drug-likeness (QED) is 0.731. The lowest BCUT2D eigenvalue weighted by atomic mass is 9.90. The molecular formula is C11H11FN2. The Balaban J connectivity index is 2.23. The van der Waals surface area contributed by atoms with Gasteiger partial charge in [0.25, 0.3) is 0 Å². The van der Waals surface area contributed by atoms with Crippen LogP contribution in [0.25, 0.3) is 0 Å². The summed E-state index contributed by atoms with van der Waals surface area (Å²) < 4.78 is 12.7. The van der Waals surface area contributed by atoms with Gasteiger partial charge in [-0.25, -0.2) is 4.39 Å². The van der Waals surface area contributed by atoms with Crippen LogP contribution in [0.4, 0.5) is 4.39 Å². The molecule has 72 valence electrons. The lowest BCUT2D eigenvalue weighted by molar-refractivity contribution is 0.618. The highest BCUT2D eigenvalue weighted by molar-refractivity contribution is 5.25. The lowest BCUT2D eigenvalue weighted by Crippen LogP contribution is -2.08. The molecule has 0 saturated carbocycles. The van der Waals surface area contributed by atoms with Crippen LogP contribution in [0.5, 0.6) is 0 Å². The molecule has 2 rings (SSSR count). The third-order valence-corrected chi connectivity index (χ3v) is 2.68. The number of nitrogens with one attached hydrogen (secondary N) is 1. The molecule has 0 aliphatic carbocycles. The molecule has 14 heavy (non-hydrogen) atoms. The fraction of sp³-hybridized carbons (Fsp3) is 0.364. The zero-order valence-electron chi connectivity index (χ0n) is 7.70. The van der Waals surface area contributed by atoms with E-state index in [0.717, 1.165) is 18.7 Å². The minimum atomic E-state index is -0.229. The van der Waals surface area contributed by atoms with Crippen molar-refractivity contribution in [1.29, 1.82) is 5.26 Å². The van der Waals surface area contributed by atoms with Crippen molar-refractivity contribution >= 4 is 0 Å². The van der Waals surface area contributed by atoms with Gasteiger partial charge in [0.05, 0.1) is 12.0 Å². The Morgan fingerprint density at radius 2 is 2.00 bits per heavy atom. The summed E-state index contributed by atoms with van der Waals surface area (Å²) in [5, 5.41) is 12.1. The Morgan fingerprint density at radius 3 is 2.64 bits per heavy atom. The summed E-state index contributed by atoms with van der Waals surface area (Å²) in [6.45, 7) is 1.54. The van der Waals surface area contributed by atoms with Crippen LogP contribution in [0, 0.1) is 23.1 Å². The van der Waals surface area contributed by atoms with Crippen molar-refractivity contribution in [3.63, 3.8) is 0 Å². The Kier molecular flexibility index (Phi) is 2.47. The molecule has 2 nitrogen and oxygen atoms in total. The van der Waals surface area contributed by atoms with E-state index in [-0.39, 0.29) is 17.7 Å². The highest BCUT2D eigenvalue weighted by Gasteiger charge is 2.27. The molecule has 1 N–H and O–H groups in total. The summed E-state index contributed by atoms with van der Waals surface area (Å²) in [6.07, 6.45) is 0. The standard InChI is InChI=1S/C11H11FN2/c12-10-3-1-8(2-4-10)11-7-14-6-9(11)5-13/h1-4,9,11,14H,6-7H2/t9-,11+/m0/s1. The normalized spacial score (nSPS) is 26.0. The van der Waals surface area contributed by atoms with E-state index >= 15 is 0 Å². The molecule has 0 bridgehead atoms. The molecule has 3 heteroatoms. The Hall–Kier alpha value is -1.40. The van der Waals surface area contributed by atoms with Gasteiger partial charge in [-0.2, -0.15) is 5.26 Å². The van der Waals surface area contributed by atoms with Gasteiger partial charge in [0.15, 0.2) is 0 Å². The van der Waals surface area contributed by atoms with E-state index in [4.69, 9.17) is 5.26 Å². The molecule has 0 radical (unpaired) electrons. The second-order valence-electron chi connectivity index (χ2n) is 3.55. The van der Waals surface area contributed by atoms with Crippen LogP contribution < -0.4 is 5.32 Å². The minimum Gasteiger partial charge on any atom is -0.315 e. The van der Waals surface area contributed by atoms with Crippen LogP contribution >= 0.6 is 0 Å². The van der Waals surface area contributed by atoms with E-state index in [0.29, 0.717) is 0 Å². The van der Waals surface area contributed by atoms with Crippen molar-refractivity contribution < 1.29 is 4.39 Å². The average molecular weight is 190 g/mol. The van der Waals surface area contributed by atoms with Crippen molar-refractivity contribution in [3.05, 3.63) is 35.6 Å². The van der Waals surface area contributed by atoms with E-state index < -0.39 is 0 Å². The third-order valence-electron chi connectivity index (χ3n) is 2.68. The molecule has 1 aromatic rings. The van der Waals surface area contributed by atoms with Gasteiger partial charge in [0, 0.05) is 19.0 Å². The summed E-state index contributed by atoms with van der Waals surface area (Å²) >= 11 is 0. The minimum absolute atomic E-state index is 0.0143.